The van der Waals surface area contributed by atoms with Gasteiger partial charge in [0.05, 0.1) is 6.54 Å². The first-order valence-corrected chi connectivity index (χ1v) is 5.42. The van der Waals surface area contributed by atoms with E-state index in [1.807, 2.05) is 7.05 Å². The lowest BCUT2D eigenvalue weighted by Crippen LogP contribution is -2.47. The Hall–Kier alpha value is -1.74. The minimum absolute atomic E-state index is 0.000687. The van der Waals surface area contributed by atoms with Crippen LogP contribution in [0.15, 0.2) is 0 Å². The zero-order chi connectivity index (χ0) is 12.8. The molecular weight excluding hydrogens is 222 g/mol. The molecular formula is C11H17N3O3. The number of likely N-dealkylation sites (N-methyl/N-ethyl adjacent to an activating group) is 1. The number of carbonyl (C=O) groups excluding carboxylic acids is 1. The highest BCUT2D eigenvalue weighted by molar-refractivity contribution is 5.80. The van der Waals surface area contributed by atoms with E-state index >= 15 is 0 Å². The molecule has 17 heavy (non-hydrogen) atoms. The minimum Gasteiger partial charge on any atom is -0.480 e. The lowest BCUT2D eigenvalue weighted by Gasteiger charge is -2.21. The number of hydrogen-bond acceptors (Lipinski definition) is 3. The van der Waals surface area contributed by atoms with E-state index in [0.717, 1.165) is 24.4 Å². The van der Waals surface area contributed by atoms with E-state index in [9.17, 15) is 9.59 Å². The summed E-state index contributed by atoms with van der Waals surface area (Å²) in [5.41, 5.74) is 0. The zero-order valence-electron chi connectivity index (χ0n) is 9.85. The molecule has 1 aliphatic heterocycles. The number of carbonyl (C=O) groups is 2. The molecule has 0 aromatic heterocycles. The fourth-order valence-corrected chi connectivity index (χ4v) is 1.79. The molecule has 0 spiro atoms. The van der Waals surface area contributed by atoms with Gasteiger partial charge in [0.25, 0.3) is 0 Å². The third kappa shape index (κ3) is 4.33. The fraction of sp³-hybridized carbons (Fsp3) is 0.636. The average molecular weight is 239 g/mol. The molecule has 1 fully saturated rings. The Bertz CT molecular complexity index is 337. The van der Waals surface area contributed by atoms with Gasteiger partial charge in [-0.05, 0) is 20.0 Å². The third-order valence-corrected chi connectivity index (χ3v) is 2.61. The molecule has 6 heteroatoms. The highest BCUT2D eigenvalue weighted by Gasteiger charge is 2.24. The summed E-state index contributed by atoms with van der Waals surface area (Å²) in [5.74, 6) is 1.21. The molecule has 1 rings (SSSR count). The number of terminal acetylenes is 1. The monoisotopic (exact) mass is 239 g/mol. The predicted molar refractivity (Wildman–Crippen MR) is 62.5 cm³/mol. The number of nitrogens with one attached hydrogen (secondary N) is 1. The van der Waals surface area contributed by atoms with Gasteiger partial charge in [0.1, 0.15) is 6.54 Å². The van der Waals surface area contributed by atoms with Gasteiger partial charge in [0.2, 0.25) is 0 Å². The molecule has 6 nitrogen and oxygen atoms in total. The standard InChI is InChI=1S/C11H17N3O3/c1-3-5-14(8-10(15)16)11(17)12-9-4-6-13(2)7-9/h1,9H,4-8H2,2H3,(H,12,17)(H,15,16). The number of hydrogen-bond donors (Lipinski definition) is 2. The summed E-state index contributed by atoms with van der Waals surface area (Å²) in [6, 6.07) is -0.341. The SMILES string of the molecule is C#CCN(CC(=O)O)C(=O)NC1CCN(C)C1. The van der Waals surface area contributed by atoms with Crippen LogP contribution in [0.25, 0.3) is 0 Å². The molecule has 1 heterocycles. The van der Waals surface area contributed by atoms with Gasteiger partial charge in [-0.15, -0.1) is 6.42 Å². The van der Waals surface area contributed by atoms with Crippen molar-refractivity contribution >= 4 is 12.0 Å². The summed E-state index contributed by atoms with van der Waals surface area (Å²) in [6.07, 6.45) is 5.97. The molecule has 1 saturated heterocycles. The second-order valence-electron chi connectivity index (χ2n) is 4.15. The van der Waals surface area contributed by atoms with Crippen molar-refractivity contribution in [2.75, 3.05) is 33.2 Å². The number of amides is 2. The summed E-state index contributed by atoms with van der Waals surface area (Å²) in [7, 11) is 1.97. The van der Waals surface area contributed by atoms with Crippen molar-refractivity contribution in [1.29, 1.82) is 0 Å². The molecule has 0 aliphatic carbocycles. The fourth-order valence-electron chi connectivity index (χ4n) is 1.79. The Balaban J connectivity index is 2.47. The molecule has 0 aromatic carbocycles. The van der Waals surface area contributed by atoms with Crippen molar-refractivity contribution in [3.8, 4) is 12.3 Å². The van der Waals surface area contributed by atoms with Gasteiger partial charge in [-0.2, -0.15) is 0 Å². The van der Waals surface area contributed by atoms with Crippen molar-refractivity contribution in [2.45, 2.75) is 12.5 Å². The van der Waals surface area contributed by atoms with Crippen molar-refractivity contribution < 1.29 is 14.7 Å². The number of nitrogens with zero attached hydrogens (tertiary/aromatic N) is 2. The summed E-state index contributed by atoms with van der Waals surface area (Å²) < 4.78 is 0. The van der Waals surface area contributed by atoms with Crippen molar-refractivity contribution in [1.82, 2.24) is 15.1 Å². The number of carboxylic acids is 1. The maximum absolute atomic E-state index is 11.8. The smallest absolute Gasteiger partial charge is 0.323 e. The van der Waals surface area contributed by atoms with Crippen LogP contribution < -0.4 is 5.32 Å². The number of rotatable bonds is 4. The van der Waals surface area contributed by atoms with Gasteiger partial charge in [-0.25, -0.2) is 4.79 Å². The molecule has 0 radical (unpaired) electrons. The van der Waals surface area contributed by atoms with Crippen LogP contribution in [0.3, 0.4) is 0 Å². The second-order valence-corrected chi connectivity index (χ2v) is 4.15. The lowest BCUT2D eigenvalue weighted by atomic mass is 10.3. The molecule has 0 saturated carbocycles. The Kier molecular flexibility index (Phi) is 4.79. The Morgan fingerprint density at radius 3 is 2.82 bits per heavy atom. The first-order chi connectivity index (χ1) is 8.02. The van der Waals surface area contributed by atoms with E-state index in [1.165, 1.54) is 0 Å². The van der Waals surface area contributed by atoms with Crippen molar-refractivity contribution in [3.63, 3.8) is 0 Å². The molecule has 1 aliphatic rings. The molecule has 1 unspecified atom stereocenters. The van der Waals surface area contributed by atoms with E-state index in [1.54, 1.807) is 0 Å². The quantitative estimate of drug-likeness (QED) is 0.644. The average Bonchev–Trinajstić information content (AvgIpc) is 2.62. The number of urea groups is 1. The van der Waals surface area contributed by atoms with Gasteiger partial charge in [0.15, 0.2) is 0 Å². The third-order valence-electron chi connectivity index (χ3n) is 2.61. The van der Waals surface area contributed by atoms with Gasteiger partial charge < -0.3 is 20.2 Å². The Labute approximate surface area is 101 Å². The van der Waals surface area contributed by atoms with Crippen LogP contribution in [0.4, 0.5) is 4.79 Å². The van der Waals surface area contributed by atoms with E-state index in [2.05, 4.69) is 16.1 Å². The first kappa shape index (κ1) is 13.3. The van der Waals surface area contributed by atoms with Crippen LogP contribution in [0.5, 0.6) is 0 Å². The number of likely N-dealkylation sites (tertiary alicyclic amines) is 1. The van der Waals surface area contributed by atoms with Crippen LogP contribution in [0, 0.1) is 12.3 Å². The summed E-state index contributed by atoms with van der Waals surface area (Å²) in [6.45, 7) is 1.33. The van der Waals surface area contributed by atoms with E-state index < -0.39 is 12.0 Å². The van der Waals surface area contributed by atoms with Crippen LogP contribution in [-0.2, 0) is 4.79 Å². The van der Waals surface area contributed by atoms with Crippen LogP contribution in [0.2, 0.25) is 0 Å². The van der Waals surface area contributed by atoms with Gasteiger partial charge >= 0.3 is 12.0 Å². The van der Waals surface area contributed by atoms with Gasteiger partial charge in [-0.3, -0.25) is 4.79 Å². The van der Waals surface area contributed by atoms with Gasteiger partial charge in [-0.1, -0.05) is 5.92 Å². The Morgan fingerprint density at radius 2 is 2.35 bits per heavy atom. The number of aliphatic carboxylic acids is 1. The molecule has 0 bridgehead atoms. The lowest BCUT2D eigenvalue weighted by molar-refractivity contribution is -0.137. The van der Waals surface area contributed by atoms with E-state index in [-0.39, 0.29) is 19.1 Å². The largest absolute Gasteiger partial charge is 0.480 e. The summed E-state index contributed by atoms with van der Waals surface area (Å²) >= 11 is 0. The molecule has 1 atom stereocenters. The van der Waals surface area contributed by atoms with E-state index in [0.29, 0.717) is 0 Å². The van der Waals surface area contributed by atoms with Crippen LogP contribution >= 0.6 is 0 Å². The molecule has 94 valence electrons. The predicted octanol–water partition coefficient (Wildman–Crippen LogP) is -0.580. The summed E-state index contributed by atoms with van der Waals surface area (Å²) in [5, 5.41) is 11.4. The molecule has 0 aromatic rings. The van der Waals surface area contributed by atoms with Crippen molar-refractivity contribution in [2.24, 2.45) is 0 Å². The van der Waals surface area contributed by atoms with Crippen LogP contribution in [-0.4, -0.2) is 66.2 Å². The highest BCUT2D eigenvalue weighted by Crippen LogP contribution is 2.06. The highest BCUT2D eigenvalue weighted by atomic mass is 16.4. The van der Waals surface area contributed by atoms with E-state index in [4.69, 9.17) is 11.5 Å². The second kappa shape index (κ2) is 6.11. The zero-order valence-corrected chi connectivity index (χ0v) is 9.85. The number of carboxylic acid groups (broad SMARTS) is 1. The first-order valence-electron chi connectivity index (χ1n) is 5.42. The molecule has 2 amide bonds. The van der Waals surface area contributed by atoms with Crippen molar-refractivity contribution in [3.05, 3.63) is 0 Å². The topological polar surface area (TPSA) is 72.9 Å². The maximum atomic E-state index is 11.8. The maximum Gasteiger partial charge on any atom is 0.323 e. The van der Waals surface area contributed by atoms with Gasteiger partial charge in [0, 0.05) is 12.6 Å². The Morgan fingerprint density at radius 1 is 1.65 bits per heavy atom. The van der Waals surface area contributed by atoms with Crippen LogP contribution in [0.1, 0.15) is 6.42 Å². The minimum atomic E-state index is -1.07. The normalized spacial score (nSPS) is 19.6. The molecule has 2 N–H and O–H groups in total. The summed E-state index contributed by atoms with van der Waals surface area (Å²) in [4.78, 5) is 25.6.